The van der Waals surface area contributed by atoms with Crippen LogP contribution in [-0.4, -0.2) is 100 Å². The lowest BCUT2D eigenvalue weighted by atomic mass is 9.70. The van der Waals surface area contributed by atoms with E-state index in [0.717, 1.165) is 37.7 Å². The highest BCUT2D eigenvalue weighted by molar-refractivity contribution is 5.98. The van der Waals surface area contributed by atoms with Crippen molar-refractivity contribution in [2.24, 2.45) is 11.8 Å². The van der Waals surface area contributed by atoms with Crippen LogP contribution in [0.15, 0.2) is 55.6 Å². The molecular formula is C38H53N3O7. The molecule has 10 nitrogen and oxygen atoms in total. The van der Waals surface area contributed by atoms with Gasteiger partial charge in [0.1, 0.15) is 17.7 Å². The maximum Gasteiger partial charge on any atom is 0.313 e. The fourth-order valence-electron chi connectivity index (χ4n) is 8.57. The second-order valence-corrected chi connectivity index (χ2v) is 13.9. The number of likely N-dealkylation sites (N-methyl/N-ethyl adjacent to an activating group) is 1. The summed E-state index contributed by atoms with van der Waals surface area (Å²) in [6.45, 7) is 10.1. The monoisotopic (exact) mass is 663 g/mol. The molecule has 4 aliphatic rings. The molecule has 3 heterocycles. The van der Waals surface area contributed by atoms with E-state index in [1.165, 1.54) is 0 Å². The molecule has 3 amide bonds. The molecule has 1 N–H and O–H groups in total. The Kier molecular flexibility index (Phi) is 11.8. The molecule has 1 aromatic rings. The average molecular weight is 664 g/mol. The van der Waals surface area contributed by atoms with Gasteiger partial charge in [0.15, 0.2) is 0 Å². The van der Waals surface area contributed by atoms with Crippen molar-refractivity contribution in [3.8, 4) is 0 Å². The topological polar surface area (TPSA) is 117 Å². The predicted octanol–water partition coefficient (Wildman–Crippen LogP) is 4.58. The number of benzene rings is 1. The van der Waals surface area contributed by atoms with Crippen LogP contribution >= 0.6 is 0 Å². The van der Waals surface area contributed by atoms with Crippen LogP contribution in [0.4, 0.5) is 0 Å². The van der Waals surface area contributed by atoms with Gasteiger partial charge in [-0.15, -0.1) is 13.2 Å². The average Bonchev–Trinajstić information content (AvgIpc) is 3.75. The minimum absolute atomic E-state index is 0.0169. The molecule has 7 atom stereocenters. The third kappa shape index (κ3) is 6.83. The van der Waals surface area contributed by atoms with Crippen molar-refractivity contribution in [3.63, 3.8) is 0 Å². The summed E-state index contributed by atoms with van der Waals surface area (Å²) in [5, 5.41) is 9.52. The van der Waals surface area contributed by atoms with Gasteiger partial charge in [-0.05, 0) is 57.4 Å². The van der Waals surface area contributed by atoms with E-state index < -0.39 is 47.7 Å². The zero-order valence-electron chi connectivity index (χ0n) is 28.6. The maximum absolute atomic E-state index is 14.7. The second-order valence-electron chi connectivity index (χ2n) is 13.9. The Morgan fingerprint density at radius 1 is 1.10 bits per heavy atom. The number of carbonyl (C=O) groups excluding carboxylic acids is 4. The summed E-state index contributed by atoms with van der Waals surface area (Å²) in [6.07, 6.45) is 10.0. The zero-order valence-corrected chi connectivity index (χ0v) is 28.6. The van der Waals surface area contributed by atoms with E-state index in [-0.39, 0.29) is 36.9 Å². The first-order valence-corrected chi connectivity index (χ1v) is 17.8. The smallest absolute Gasteiger partial charge is 0.313 e. The van der Waals surface area contributed by atoms with Crippen LogP contribution in [0.3, 0.4) is 0 Å². The highest BCUT2D eigenvalue weighted by atomic mass is 16.6. The van der Waals surface area contributed by atoms with Crippen molar-refractivity contribution in [1.82, 2.24) is 14.7 Å². The number of rotatable bonds is 16. The number of ether oxygens (including phenoxy) is 2. The summed E-state index contributed by atoms with van der Waals surface area (Å²) >= 11 is 0. The SMILES string of the molecule is C=CCCC(=O)N(C)[C@H](C)[C@H](OC(=O)[C@@H]1[C@H]2C(=O)N(CCCCO)[C@H](C(=O)N(CC=C)C3CCCCC3)[C@]23CC[C@H]1O3)c1ccccc1. The number of hydrogen-bond acceptors (Lipinski definition) is 7. The van der Waals surface area contributed by atoms with Crippen LogP contribution in [0, 0.1) is 11.8 Å². The van der Waals surface area contributed by atoms with E-state index in [2.05, 4.69) is 13.2 Å². The van der Waals surface area contributed by atoms with Gasteiger partial charge in [0.25, 0.3) is 0 Å². The molecule has 5 rings (SSSR count). The Bertz CT molecular complexity index is 1330. The molecule has 48 heavy (non-hydrogen) atoms. The van der Waals surface area contributed by atoms with E-state index in [9.17, 15) is 24.3 Å². The van der Waals surface area contributed by atoms with E-state index in [0.29, 0.717) is 45.1 Å². The van der Waals surface area contributed by atoms with Crippen LogP contribution in [-0.2, 0) is 28.7 Å². The highest BCUT2D eigenvalue weighted by Crippen LogP contribution is 2.59. The number of aliphatic hydroxyl groups is 1. The summed E-state index contributed by atoms with van der Waals surface area (Å²) in [4.78, 5) is 61.6. The molecule has 4 fully saturated rings. The van der Waals surface area contributed by atoms with Crippen LogP contribution < -0.4 is 0 Å². The Morgan fingerprint density at radius 2 is 1.83 bits per heavy atom. The number of esters is 1. The van der Waals surface area contributed by atoms with Crippen molar-refractivity contribution in [1.29, 1.82) is 0 Å². The van der Waals surface area contributed by atoms with E-state index in [1.54, 1.807) is 29.0 Å². The molecular weight excluding hydrogens is 610 g/mol. The Morgan fingerprint density at radius 3 is 2.50 bits per heavy atom. The van der Waals surface area contributed by atoms with Crippen molar-refractivity contribution in [2.75, 3.05) is 26.7 Å². The zero-order chi connectivity index (χ0) is 34.4. The molecule has 262 valence electrons. The van der Waals surface area contributed by atoms with Gasteiger partial charge in [-0.25, -0.2) is 0 Å². The normalized spacial score (nSPS) is 27.6. The molecule has 1 aromatic carbocycles. The lowest BCUT2D eigenvalue weighted by Crippen LogP contribution is -2.58. The number of carbonyl (C=O) groups is 4. The minimum atomic E-state index is -1.14. The first kappa shape index (κ1) is 35.8. The summed E-state index contributed by atoms with van der Waals surface area (Å²) < 4.78 is 13.0. The van der Waals surface area contributed by atoms with Gasteiger partial charge in [-0.1, -0.05) is 61.7 Å². The standard InChI is InChI=1S/C38H53N3O7/c1-5-7-20-30(43)39(4)26(3)33(27-16-10-8-11-17-27)47-37(46)31-29-21-22-38(48-29)32(31)35(44)41(24-14-15-25-42)34(38)36(45)40(23-6-2)28-18-12-9-13-19-28/h5-6,8,10-11,16-17,26,28-29,31-34,42H,1-2,7,9,12-15,18-25H2,3-4H3/t26-,29-,31+,32+,33+,34-,38+/m1/s1. The van der Waals surface area contributed by atoms with Crippen molar-refractivity contribution in [3.05, 3.63) is 61.2 Å². The third-order valence-electron chi connectivity index (χ3n) is 11.1. The molecule has 3 saturated heterocycles. The fraction of sp³-hybridized carbons (Fsp3) is 0.632. The summed E-state index contributed by atoms with van der Waals surface area (Å²) in [5.74, 6) is -2.79. The van der Waals surface area contributed by atoms with Crippen molar-refractivity contribution in [2.45, 2.75) is 113 Å². The number of aliphatic hydroxyl groups excluding tert-OH is 1. The first-order valence-electron chi connectivity index (χ1n) is 17.8. The fourth-order valence-corrected chi connectivity index (χ4v) is 8.57. The Balaban J connectivity index is 1.45. The number of fused-ring (bicyclic) bond motifs is 1. The van der Waals surface area contributed by atoms with E-state index in [4.69, 9.17) is 9.47 Å². The van der Waals surface area contributed by atoms with Gasteiger partial charge >= 0.3 is 5.97 Å². The number of allylic oxidation sites excluding steroid dienone is 1. The highest BCUT2D eigenvalue weighted by Gasteiger charge is 2.75. The number of unbranched alkanes of at least 4 members (excludes halogenated alkanes) is 1. The largest absolute Gasteiger partial charge is 0.455 e. The maximum atomic E-state index is 14.7. The molecule has 2 bridgehead atoms. The minimum Gasteiger partial charge on any atom is -0.455 e. The summed E-state index contributed by atoms with van der Waals surface area (Å²) in [7, 11) is 1.71. The van der Waals surface area contributed by atoms with Gasteiger partial charge in [-0.3, -0.25) is 19.2 Å². The molecule has 1 spiro atoms. The van der Waals surface area contributed by atoms with Gasteiger partial charge in [0.2, 0.25) is 17.7 Å². The van der Waals surface area contributed by atoms with Crippen LogP contribution in [0.5, 0.6) is 0 Å². The molecule has 3 aliphatic heterocycles. The van der Waals surface area contributed by atoms with Crippen LogP contribution in [0.25, 0.3) is 0 Å². The van der Waals surface area contributed by atoms with E-state index >= 15 is 0 Å². The van der Waals surface area contributed by atoms with Gasteiger partial charge < -0.3 is 29.3 Å². The molecule has 0 aromatic heterocycles. The first-order chi connectivity index (χ1) is 23.2. The Hall–Kier alpha value is -3.50. The Labute approximate surface area is 285 Å². The molecule has 1 aliphatic carbocycles. The summed E-state index contributed by atoms with van der Waals surface area (Å²) in [5.41, 5.74) is -0.398. The third-order valence-corrected chi connectivity index (χ3v) is 11.1. The quantitative estimate of drug-likeness (QED) is 0.156. The molecule has 1 saturated carbocycles. The predicted molar refractivity (Wildman–Crippen MR) is 181 cm³/mol. The molecule has 0 unspecified atom stereocenters. The van der Waals surface area contributed by atoms with Crippen molar-refractivity contribution < 1.29 is 33.8 Å². The lowest BCUT2D eigenvalue weighted by molar-refractivity contribution is -0.164. The second kappa shape index (κ2) is 15.8. The number of nitrogens with zero attached hydrogens (tertiary/aromatic N) is 3. The lowest BCUT2D eigenvalue weighted by Gasteiger charge is -2.40. The van der Waals surface area contributed by atoms with Gasteiger partial charge in [0.05, 0.1) is 24.0 Å². The molecule has 0 radical (unpaired) electrons. The number of amides is 3. The summed E-state index contributed by atoms with van der Waals surface area (Å²) in [6, 6.07) is 8.04. The van der Waals surface area contributed by atoms with E-state index in [1.807, 2.05) is 42.2 Å². The molecule has 10 heteroatoms. The van der Waals surface area contributed by atoms with Crippen LogP contribution in [0.1, 0.15) is 89.2 Å². The van der Waals surface area contributed by atoms with Gasteiger partial charge in [0, 0.05) is 39.2 Å². The van der Waals surface area contributed by atoms with Crippen LogP contribution in [0.2, 0.25) is 0 Å². The number of hydrogen-bond donors (Lipinski definition) is 1. The van der Waals surface area contributed by atoms with Crippen molar-refractivity contribution >= 4 is 23.7 Å². The van der Waals surface area contributed by atoms with Gasteiger partial charge in [-0.2, -0.15) is 0 Å². The number of likely N-dealkylation sites (tertiary alicyclic amines) is 1.